The number of phenolic OH excluding ortho intramolecular Hbond substituents is 1. The predicted molar refractivity (Wildman–Crippen MR) is 79.1 cm³/mol. The number of H-pyrrole nitrogens is 1. The molecule has 4 N–H and O–H groups in total. The molecule has 0 aliphatic heterocycles. The van der Waals surface area contributed by atoms with Crippen molar-refractivity contribution in [3.05, 3.63) is 46.1 Å². The average Bonchev–Trinajstić information content (AvgIpc) is 3.10. The summed E-state index contributed by atoms with van der Waals surface area (Å²) in [6.07, 6.45) is 4.90. The minimum atomic E-state index is -0.339. The van der Waals surface area contributed by atoms with Crippen molar-refractivity contribution in [1.29, 1.82) is 0 Å². The second-order valence-corrected chi connectivity index (χ2v) is 5.67. The standard InChI is InChI=1S/C15H20N4O2/c16-13(9-10-5-7-12(20)8-6-10)14-17-18-15(21)19(14)11-3-1-2-4-11/h5-8,11,13,20H,1-4,9,16H2,(H,18,21). The Morgan fingerprint density at radius 3 is 2.67 bits per heavy atom. The molecule has 1 atom stereocenters. The van der Waals surface area contributed by atoms with Crippen LogP contribution in [-0.2, 0) is 6.42 Å². The molecule has 0 bridgehead atoms. The Bertz CT molecular complexity index is 653. The van der Waals surface area contributed by atoms with E-state index in [1.807, 2.05) is 12.1 Å². The van der Waals surface area contributed by atoms with Crippen LogP contribution in [0.4, 0.5) is 0 Å². The summed E-state index contributed by atoms with van der Waals surface area (Å²) < 4.78 is 1.73. The molecule has 6 nitrogen and oxygen atoms in total. The second kappa shape index (κ2) is 5.73. The summed E-state index contributed by atoms with van der Waals surface area (Å²) in [6.45, 7) is 0. The van der Waals surface area contributed by atoms with Gasteiger partial charge >= 0.3 is 5.69 Å². The zero-order valence-corrected chi connectivity index (χ0v) is 11.8. The summed E-state index contributed by atoms with van der Waals surface area (Å²) in [4.78, 5) is 12.0. The molecule has 1 heterocycles. The molecule has 1 fully saturated rings. The van der Waals surface area contributed by atoms with Crippen LogP contribution >= 0.6 is 0 Å². The molecule has 1 saturated carbocycles. The third kappa shape index (κ3) is 2.85. The molecule has 3 rings (SSSR count). The lowest BCUT2D eigenvalue weighted by Gasteiger charge is -2.17. The molecule has 0 amide bonds. The fourth-order valence-corrected chi connectivity index (χ4v) is 3.07. The maximum atomic E-state index is 12.0. The lowest BCUT2D eigenvalue weighted by Crippen LogP contribution is -2.27. The molecule has 1 aromatic carbocycles. The molecule has 6 heteroatoms. The number of hydrogen-bond acceptors (Lipinski definition) is 4. The molecular formula is C15H20N4O2. The molecule has 1 aliphatic rings. The van der Waals surface area contributed by atoms with Crippen molar-refractivity contribution in [2.45, 2.75) is 44.2 Å². The van der Waals surface area contributed by atoms with Gasteiger partial charge < -0.3 is 10.8 Å². The van der Waals surface area contributed by atoms with Gasteiger partial charge in [-0.1, -0.05) is 25.0 Å². The molecule has 112 valence electrons. The summed E-state index contributed by atoms with van der Waals surface area (Å²) in [7, 11) is 0. The Morgan fingerprint density at radius 2 is 2.00 bits per heavy atom. The normalized spacial score (nSPS) is 17.2. The van der Waals surface area contributed by atoms with Gasteiger partial charge in [0, 0.05) is 6.04 Å². The number of aromatic amines is 1. The largest absolute Gasteiger partial charge is 0.508 e. The highest BCUT2D eigenvalue weighted by Gasteiger charge is 2.25. The fraction of sp³-hybridized carbons (Fsp3) is 0.467. The summed E-state index contributed by atoms with van der Waals surface area (Å²) >= 11 is 0. The first kappa shape index (κ1) is 13.9. The number of nitrogens with zero attached hydrogens (tertiary/aromatic N) is 2. The Morgan fingerprint density at radius 1 is 1.33 bits per heavy atom. The first-order chi connectivity index (χ1) is 10.1. The van der Waals surface area contributed by atoms with Crippen LogP contribution in [0.5, 0.6) is 5.75 Å². The SMILES string of the molecule is NC(Cc1ccc(O)cc1)c1n[nH]c(=O)n1C1CCCC1. The number of phenols is 1. The maximum absolute atomic E-state index is 12.0. The molecule has 1 aromatic heterocycles. The smallest absolute Gasteiger partial charge is 0.343 e. The van der Waals surface area contributed by atoms with E-state index in [4.69, 9.17) is 5.73 Å². The number of aromatic nitrogens is 3. The van der Waals surface area contributed by atoms with Crippen LogP contribution < -0.4 is 11.4 Å². The van der Waals surface area contributed by atoms with Gasteiger partial charge in [0.25, 0.3) is 0 Å². The first-order valence-electron chi connectivity index (χ1n) is 7.35. The van der Waals surface area contributed by atoms with Gasteiger partial charge in [-0.25, -0.2) is 9.89 Å². The molecule has 0 spiro atoms. The topological polar surface area (TPSA) is 96.9 Å². The van der Waals surface area contributed by atoms with Crippen LogP contribution in [0.15, 0.2) is 29.1 Å². The Balaban J connectivity index is 1.82. The van der Waals surface area contributed by atoms with Crippen LogP contribution in [-0.4, -0.2) is 19.9 Å². The zero-order chi connectivity index (χ0) is 14.8. The van der Waals surface area contributed by atoms with Gasteiger partial charge in [0.15, 0.2) is 5.82 Å². The lowest BCUT2D eigenvalue weighted by atomic mass is 10.1. The van der Waals surface area contributed by atoms with Crippen molar-refractivity contribution in [3.63, 3.8) is 0 Å². The number of nitrogens with two attached hydrogens (primary N) is 1. The van der Waals surface area contributed by atoms with Crippen molar-refractivity contribution < 1.29 is 5.11 Å². The second-order valence-electron chi connectivity index (χ2n) is 5.67. The van der Waals surface area contributed by atoms with E-state index in [0.717, 1.165) is 31.2 Å². The average molecular weight is 288 g/mol. The van der Waals surface area contributed by atoms with Crippen LogP contribution in [0.25, 0.3) is 0 Å². The lowest BCUT2D eigenvalue weighted by molar-refractivity contribution is 0.463. The van der Waals surface area contributed by atoms with Crippen molar-refractivity contribution in [2.24, 2.45) is 5.73 Å². The third-order valence-corrected chi connectivity index (χ3v) is 4.15. The summed E-state index contributed by atoms with van der Waals surface area (Å²) in [5, 5.41) is 16.0. The van der Waals surface area contributed by atoms with Crippen molar-refractivity contribution in [1.82, 2.24) is 14.8 Å². The minimum Gasteiger partial charge on any atom is -0.508 e. The number of aromatic hydroxyl groups is 1. The van der Waals surface area contributed by atoms with Crippen LogP contribution in [0.2, 0.25) is 0 Å². The maximum Gasteiger partial charge on any atom is 0.343 e. The quantitative estimate of drug-likeness (QED) is 0.796. The van der Waals surface area contributed by atoms with E-state index in [0.29, 0.717) is 12.2 Å². The molecule has 0 radical (unpaired) electrons. The molecule has 1 aliphatic carbocycles. The van der Waals surface area contributed by atoms with Gasteiger partial charge in [-0.05, 0) is 37.0 Å². The van der Waals surface area contributed by atoms with Gasteiger partial charge in [-0.2, -0.15) is 5.10 Å². The highest BCUT2D eigenvalue weighted by molar-refractivity contribution is 5.26. The fourth-order valence-electron chi connectivity index (χ4n) is 3.07. The van der Waals surface area contributed by atoms with Gasteiger partial charge in [0.2, 0.25) is 0 Å². The summed E-state index contributed by atoms with van der Waals surface area (Å²) in [6, 6.07) is 6.82. The third-order valence-electron chi connectivity index (χ3n) is 4.15. The van der Waals surface area contributed by atoms with E-state index < -0.39 is 0 Å². The highest BCUT2D eigenvalue weighted by atomic mass is 16.3. The predicted octanol–water partition coefficient (Wildman–Crippen LogP) is 1.63. The molecule has 0 saturated heterocycles. The number of hydrogen-bond donors (Lipinski definition) is 3. The van der Waals surface area contributed by atoms with E-state index in [2.05, 4.69) is 10.2 Å². The zero-order valence-electron chi connectivity index (χ0n) is 11.8. The number of nitrogens with one attached hydrogen (secondary N) is 1. The molecule has 21 heavy (non-hydrogen) atoms. The Kier molecular flexibility index (Phi) is 3.79. The van der Waals surface area contributed by atoms with Gasteiger partial charge in [-0.15, -0.1) is 0 Å². The van der Waals surface area contributed by atoms with Crippen LogP contribution in [0, 0.1) is 0 Å². The van der Waals surface area contributed by atoms with E-state index >= 15 is 0 Å². The molecular weight excluding hydrogens is 268 g/mol. The first-order valence-corrected chi connectivity index (χ1v) is 7.35. The van der Waals surface area contributed by atoms with Gasteiger partial charge in [-0.3, -0.25) is 4.57 Å². The number of benzene rings is 1. The summed E-state index contributed by atoms with van der Waals surface area (Å²) in [5.41, 5.74) is 7.08. The Labute approximate surface area is 122 Å². The Hall–Kier alpha value is -2.08. The van der Waals surface area contributed by atoms with Crippen molar-refractivity contribution >= 4 is 0 Å². The monoisotopic (exact) mass is 288 g/mol. The molecule has 1 unspecified atom stereocenters. The van der Waals surface area contributed by atoms with E-state index in [1.54, 1.807) is 16.7 Å². The minimum absolute atomic E-state index is 0.168. The van der Waals surface area contributed by atoms with E-state index in [9.17, 15) is 9.90 Å². The van der Waals surface area contributed by atoms with Crippen LogP contribution in [0.1, 0.15) is 49.2 Å². The summed E-state index contributed by atoms with van der Waals surface area (Å²) in [5.74, 6) is 0.856. The highest BCUT2D eigenvalue weighted by Crippen LogP contribution is 2.30. The van der Waals surface area contributed by atoms with Gasteiger partial charge in [0.1, 0.15) is 5.75 Å². The van der Waals surface area contributed by atoms with E-state index in [-0.39, 0.29) is 23.5 Å². The number of rotatable bonds is 4. The van der Waals surface area contributed by atoms with Crippen molar-refractivity contribution in [3.8, 4) is 5.75 Å². The van der Waals surface area contributed by atoms with E-state index in [1.165, 1.54) is 0 Å². The molecule has 2 aromatic rings. The van der Waals surface area contributed by atoms with Gasteiger partial charge in [0.05, 0.1) is 6.04 Å². The van der Waals surface area contributed by atoms with Crippen LogP contribution in [0.3, 0.4) is 0 Å². The van der Waals surface area contributed by atoms with Crippen molar-refractivity contribution in [2.75, 3.05) is 0 Å².